The molecule has 0 aliphatic heterocycles. The Kier molecular flexibility index (Phi) is 7.48. The maximum Gasteiger partial charge on any atom is 0.0661 e. The van der Waals surface area contributed by atoms with E-state index in [1.54, 1.807) is 0 Å². The van der Waals surface area contributed by atoms with E-state index in [-0.39, 0.29) is 11.3 Å². The van der Waals surface area contributed by atoms with Crippen LogP contribution in [-0.2, 0) is 0 Å². The lowest BCUT2D eigenvalue weighted by atomic mass is 9.79. The van der Waals surface area contributed by atoms with Crippen LogP contribution in [0.4, 0.5) is 0 Å². The predicted octanol–water partition coefficient (Wildman–Crippen LogP) is 4.92. The molecule has 0 spiro atoms. The van der Waals surface area contributed by atoms with Crippen molar-refractivity contribution in [3.8, 4) is 6.07 Å². The quantitative estimate of drug-likeness (QED) is 0.546. The van der Waals surface area contributed by atoms with E-state index in [0.29, 0.717) is 0 Å². The van der Waals surface area contributed by atoms with Crippen molar-refractivity contribution in [3.63, 3.8) is 0 Å². The third-order valence-corrected chi connectivity index (χ3v) is 3.05. The van der Waals surface area contributed by atoms with Gasteiger partial charge >= 0.3 is 0 Å². The van der Waals surface area contributed by atoms with Crippen LogP contribution in [0.15, 0.2) is 0 Å². The minimum absolute atomic E-state index is 0.151. The van der Waals surface area contributed by atoms with Crippen LogP contribution in [0, 0.1) is 22.7 Å². The zero-order valence-corrected chi connectivity index (χ0v) is 11.0. The number of hydrogen-bond donors (Lipinski definition) is 0. The molecule has 1 atom stereocenters. The summed E-state index contributed by atoms with van der Waals surface area (Å²) in [6.07, 6.45) is 8.97. The number of nitrogens with zero attached hydrogens (tertiary/aromatic N) is 1. The standard InChI is InChI=1S/C14H27N/c1-5-6-7-8-9-10-11-13(12-15)14(2,3)4/h13H,5-11H2,1-4H3. The van der Waals surface area contributed by atoms with Crippen molar-refractivity contribution in [2.24, 2.45) is 11.3 Å². The Morgan fingerprint density at radius 1 is 1.00 bits per heavy atom. The molecule has 1 nitrogen and oxygen atoms in total. The number of unbranched alkanes of at least 4 members (excludes halogenated alkanes) is 5. The van der Waals surface area contributed by atoms with E-state index in [4.69, 9.17) is 5.26 Å². The van der Waals surface area contributed by atoms with Gasteiger partial charge in [-0.25, -0.2) is 0 Å². The monoisotopic (exact) mass is 209 g/mol. The van der Waals surface area contributed by atoms with Crippen LogP contribution in [0.3, 0.4) is 0 Å². The normalized spacial score (nSPS) is 13.5. The van der Waals surface area contributed by atoms with E-state index in [1.165, 1.54) is 38.5 Å². The van der Waals surface area contributed by atoms with Crippen molar-refractivity contribution in [2.75, 3.05) is 0 Å². The predicted molar refractivity (Wildman–Crippen MR) is 66.6 cm³/mol. The second kappa shape index (κ2) is 7.74. The van der Waals surface area contributed by atoms with Gasteiger partial charge in [-0.2, -0.15) is 5.26 Å². The van der Waals surface area contributed by atoms with E-state index in [0.717, 1.165) is 6.42 Å². The molecule has 0 aliphatic carbocycles. The molecule has 88 valence electrons. The molecule has 0 aromatic rings. The summed E-state index contributed by atoms with van der Waals surface area (Å²) >= 11 is 0. The Labute approximate surface area is 95.9 Å². The van der Waals surface area contributed by atoms with E-state index in [2.05, 4.69) is 33.8 Å². The Morgan fingerprint density at radius 2 is 1.53 bits per heavy atom. The minimum atomic E-state index is 0.151. The fraction of sp³-hybridized carbons (Fsp3) is 0.929. The summed E-state index contributed by atoms with van der Waals surface area (Å²) in [5, 5.41) is 9.05. The Morgan fingerprint density at radius 3 is 2.00 bits per heavy atom. The molecular formula is C14H27N. The summed E-state index contributed by atoms with van der Waals surface area (Å²) in [6, 6.07) is 2.44. The molecule has 0 aromatic heterocycles. The summed E-state index contributed by atoms with van der Waals surface area (Å²) < 4.78 is 0. The third-order valence-electron chi connectivity index (χ3n) is 3.05. The highest BCUT2D eigenvalue weighted by Gasteiger charge is 2.23. The van der Waals surface area contributed by atoms with Crippen molar-refractivity contribution in [1.29, 1.82) is 5.26 Å². The van der Waals surface area contributed by atoms with Gasteiger partial charge in [0.2, 0.25) is 0 Å². The zero-order chi connectivity index (χ0) is 11.7. The molecule has 0 heterocycles. The molecule has 1 unspecified atom stereocenters. The second-order valence-corrected chi connectivity index (χ2v) is 5.60. The van der Waals surface area contributed by atoms with Gasteiger partial charge in [0.1, 0.15) is 0 Å². The van der Waals surface area contributed by atoms with Crippen LogP contribution in [-0.4, -0.2) is 0 Å². The summed E-state index contributed by atoms with van der Waals surface area (Å²) in [4.78, 5) is 0. The first-order valence-corrected chi connectivity index (χ1v) is 6.42. The maximum absolute atomic E-state index is 9.05. The Bertz CT molecular complexity index is 182. The summed E-state index contributed by atoms with van der Waals surface area (Å²) in [6.45, 7) is 8.74. The van der Waals surface area contributed by atoms with E-state index in [9.17, 15) is 0 Å². The average Bonchev–Trinajstić information content (AvgIpc) is 2.15. The van der Waals surface area contributed by atoms with E-state index < -0.39 is 0 Å². The number of hydrogen-bond acceptors (Lipinski definition) is 1. The fourth-order valence-electron chi connectivity index (χ4n) is 1.82. The first kappa shape index (κ1) is 14.5. The van der Waals surface area contributed by atoms with Crippen molar-refractivity contribution in [3.05, 3.63) is 0 Å². The van der Waals surface area contributed by atoms with Gasteiger partial charge in [-0.15, -0.1) is 0 Å². The highest BCUT2D eigenvalue weighted by molar-refractivity contribution is 4.90. The SMILES string of the molecule is CCCCCCCCC(C#N)C(C)(C)C. The van der Waals surface area contributed by atoms with Gasteiger partial charge in [-0.1, -0.05) is 66.2 Å². The molecule has 0 N–H and O–H groups in total. The first-order valence-electron chi connectivity index (χ1n) is 6.42. The molecule has 1 heteroatoms. The van der Waals surface area contributed by atoms with Crippen LogP contribution in [0.25, 0.3) is 0 Å². The van der Waals surface area contributed by atoms with Crippen LogP contribution < -0.4 is 0 Å². The average molecular weight is 209 g/mol. The Balaban J connectivity index is 3.53. The third kappa shape index (κ3) is 7.42. The maximum atomic E-state index is 9.05. The highest BCUT2D eigenvalue weighted by atomic mass is 14.3. The topological polar surface area (TPSA) is 23.8 Å². The van der Waals surface area contributed by atoms with Crippen LogP contribution in [0.2, 0.25) is 0 Å². The van der Waals surface area contributed by atoms with Crippen molar-refractivity contribution in [1.82, 2.24) is 0 Å². The Hall–Kier alpha value is -0.510. The van der Waals surface area contributed by atoms with Gasteiger partial charge in [0.25, 0.3) is 0 Å². The zero-order valence-electron chi connectivity index (χ0n) is 11.0. The lowest BCUT2D eigenvalue weighted by Gasteiger charge is -2.24. The van der Waals surface area contributed by atoms with Crippen molar-refractivity contribution < 1.29 is 0 Å². The molecule has 0 bridgehead atoms. The molecule has 15 heavy (non-hydrogen) atoms. The van der Waals surface area contributed by atoms with Crippen molar-refractivity contribution >= 4 is 0 Å². The van der Waals surface area contributed by atoms with Gasteiger partial charge in [0.05, 0.1) is 12.0 Å². The molecule has 0 fully saturated rings. The molecule has 0 radical (unpaired) electrons. The first-order chi connectivity index (χ1) is 7.02. The van der Waals surface area contributed by atoms with Crippen molar-refractivity contribution in [2.45, 2.75) is 72.6 Å². The number of rotatable bonds is 7. The summed E-state index contributed by atoms with van der Waals surface area (Å²) in [5.41, 5.74) is 0.151. The van der Waals surface area contributed by atoms with Gasteiger partial charge < -0.3 is 0 Å². The fourth-order valence-corrected chi connectivity index (χ4v) is 1.82. The van der Waals surface area contributed by atoms with Gasteiger partial charge in [-0.3, -0.25) is 0 Å². The van der Waals surface area contributed by atoms with Gasteiger partial charge in [0, 0.05) is 0 Å². The van der Waals surface area contributed by atoms with Crippen LogP contribution in [0.5, 0.6) is 0 Å². The summed E-state index contributed by atoms with van der Waals surface area (Å²) in [5.74, 6) is 0.226. The van der Waals surface area contributed by atoms with Crippen LogP contribution in [0.1, 0.15) is 72.6 Å². The van der Waals surface area contributed by atoms with Gasteiger partial charge in [-0.05, 0) is 11.8 Å². The van der Waals surface area contributed by atoms with E-state index in [1.807, 2.05) is 0 Å². The molecule has 0 saturated carbocycles. The largest absolute Gasteiger partial charge is 0.198 e. The highest BCUT2D eigenvalue weighted by Crippen LogP contribution is 2.29. The number of nitriles is 1. The molecule has 0 aliphatic rings. The van der Waals surface area contributed by atoms with Crippen LogP contribution >= 0.6 is 0 Å². The smallest absolute Gasteiger partial charge is 0.0661 e. The molecule has 0 amide bonds. The minimum Gasteiger partial charge on any atom is -0.198 e. The molecule has 0 aromatic carbocycles. The van der Waals surface area contributed by atoms with Gasteiger partial charge in [0.15, 0.2) is 0 Å². The summed E-state index contributed by atoms with van der Waals surface area (Å²) in [7, 11) is 0. The molecular weight excluding hydrogens is 182 g/mol. The lowest BCUT2D eigenvalue weighted by Crippen LogP contribution is -2.18. The molecule has 0 saturated heterocycles. The lowest BCUT2D eigenvalue weighted by molar-refractivity contribution is 0.278. The van der Waals surface area contributed by atoms with E-state index >= 15 is 0 Å². The second-order valence-electron chi connectivity index (χ2n) is 5.60. The molecule has 0 rings (SSSR count).